The summed E-state index contributed by atoms with van der Waals surface area (Å²) in [7, 11) is 2.03. The van der Waals surface area contributed by atoms with Crippen LogP contribution in [0.2, 0.25) is 0 Å². The first-order valence-electron chi connectivity index (χ1n) is 7.93. The Bertz CT molecular complexity index is 634. The Morgan fingerprint density at radius 2 is 2.27 bits per heavy atom. The van der Waals surface area contributed by atoms with Crippen molar-refractivity contribution >= 4 is 17.0 Å². The molecule has 0 saturated heterocycles. The van der Waals surface area contributed by atoms with E-state index in [-0.39, 0.29) is 5.41 Å². The molecule has 3 rings (SSSR count). The van der Waals surface area contributed by atoms with Gasteiger partial charge in [-0.3, -0.25) is 4.98 Å². The Hall–Kier alpha value is -1.39. The number of thiophene rings is 1. The lowest BCUT2D eigenvalue weighted by atomic mass is 9.91. The minimum Gasteiger partial charge on any atom is -0.362 e. The highest BCUT2D eigenvalue weighted by Crippen LogP contribution is 2.44. The van der Waals surface area contributed by atoms with Crippen molar-refractivity contribution in [2.75, 3.05) is 25.0 Å². The van der Waals surface area contributed by atoms with E-state index >= 15 is 0 Å². The van der Waals surface area contributed by atoms with Gasteiger partial charge in [-0.25, -0.2) is 0 Å². The van der Waals surface area contributed by atoms with Crippen LogP contribution in [0.4, 0.5) is 5.69 Å². The van der Waals surface area contributed by atoms with Crippen LogP contribution < -0.4 is 10.2 Å². The van der Waals surface area contributed by atoms with E-state index in [9.17, 15) is 0 Å². The van der Waals surface area contributed by atoms with Crippen molar-refractivity contribution in [2.24, 2.45) is 0 Å². The van der Waals surface area contributed by atoms with E-state index in [0.717, 1.165) is 19.5 Å². The minimum atomic E-state index is 0.108. The van der Waals surface area contributed by atoms with Crippen molar-refractivity contribution in [1.82, 2.24) is 10.3 Å². The van der Waals surface area contributed by atoms with E-state index in [1.165, 1.54) is 22.5 Å². The summed E-state index contributed by atoms with van der Waals surface area (Å²) < 4.78 is 0. The summed E-state index contributed by atoms with van der Waals surface area (Å²) in [5.74, 6) is 0. The van der Waals surface area contributed by atoms with Crippen molar-refractivity contribution in [2.45, 2.75) is 38.6 Å². The van der Waals surface area contributed by atoms with E-state index < -0.39 is 0 Å². The van der Waals surface area contributed by atoms with Gasteiger partial charge in [-0.15, -0.1) is 0 Å². The molecule has 0 saturated carbocycles. The van der Waals surface area contributed by atoms with Crippen LogP contribution in [0.5, 0.6) is 0 Å². The third-order valence-electron chi connectivity index (χ3n) is 4.49. The molecule has 0 spiro atoms. The van der Waals surface area contributed by atoms with E-state index in [0.29, 0.717) is 6.04 Å². The van der Waals surface area contributed by atoms with Crippen LogP contribution in [0.3, 0.4) is 0 Å². The quantitative estimate of drug-likeness (QED) is 0.907. The van der Waals surface area contributed by atoms with Gasteiger partial charge in [0.05, 0.1) is 17.4 Å². The molecule has 2 aromatic rings. The Balaban J connectivity index is 2.01. The van der Waals surface area contributed by atoms with Gasteiger partial charge in [0.15, 0.2) is 0 Å². The molecule has 1 aliphatic rings. The van der Waals surface area contributed by atoms with Gasteiger partial charge in [0, 0.05) is 18.2 Å². The third kappa shape index (κ3) is 2.77. The number of nitrogens with zero attached hydrogens (tertiary/aromatic N) is 2. The van der Waals surface area contributed by atoms with Crippen LogP contribution in [0, 0.1) is 6.92 Å². The highest BCUT2D eigenvalue weighted by molar-refractivity contribution is 7.08. The maximum Gasteiger partial charge on any atom is 0.0710 e. The van der Waals surface area contributed by atoms with Crippen LogP contribution in [0.1, 0.15) is 43.1 Å². The number of nitrogens with one attached hydrogen (secondary N) is 1. The first-order valence-corrected chi connectivity index (χ1v) is 8.87. The smallest absolute Gasteiger partial charge is 0.0710 e. The Morgan fingerprint density at radius 3 is 2.95 bits per heavy atom. The molecule has 4 heteroatoms. The van der Waals surface area contributed by atoms with Gasteiger partial charge in [-0.1, -0.05) is 13.8 Å². The lowest BCUT2D eigenvalue weighted by molar-refractivity contribution is 0.491. The van der Waals surface area contributed by atoms with Gasteiger partial charge in [-0.05, 0) is 61.0 Å². The molecule has 0 aromatic carbocycles. The largest absolute Gasteiger partial charge is 0.362 e. The van der Waals surface area contributed by atoms with Gasteiger partial charge < -0.3 is 10.2 Å². The summed E-state index contributed by atoms with van der Waals surface area (Å²) in [6.45, 7) is 8.78. The van der Waals surface area contributed by atoms with Crippen molar-refractivity contribution in [3.05, 3.63) is 45.9 Å². The topological polar surface area (TPSA) is 28.2 Å². The lowest BCUT2D eigenvalue weighted by Gasteiger charge is -2.31. The second-order valence-corrected chi connectivity index (χ2v) is 7.64. The van der Waals surface area contributed by atoms with Gasteiger partial charge in [0.25, 0.3) is 0 Å². The molecular formula is C18H25N3S. The Labute approximate surface area is 137 Å². The van der Waals surface area contributed by atoms with Crippen molar-refractivity contribution < 1.29 is 0 Å². The molecule has 0 aliphatic carbocycles. The predicted molar refractivity (Wildman–Crippen MR) is 94.9 cm³/mol. The molecule has 0 bridgehead atoms. The number of aryl methyl sites for hydroxylation is 1. The molecule has 2 aromatic heterocycles. The van der Waals surface area contributed by atoms with Crippen LogP contribution in [-0.2, 0) is 5.41 Å². The fourth-order valence-electron chi connectivity index (χ4n) is 3.41. The van der Waals surface area contributed by atoms with E-state index in [4.69, 9.17) is 4.98 Å². The monoisotopic (exact) mass is 315 g/mol. The molecule has 0 unspecified atom stereocenters. The fourth-order valence-corrected chi connectivity index (χ4v) is 4.11. The molecule has 0 amide bonds. The minimum absolute atomic E-state index is 0.108. The molecule has 1 atom stereocenters. The molecule has 3 nitrogen and oxygen atoms in total. The van der Waals surface area contributed by atoms with Gasteiger partial charge in [0.1, 0.15) is 0 Å². The number of anilines is 1. The molecule has 0 radical (unpaired) electrons. The van der Waals surface area contributed by atoms with Crippen molar-refractivity contribution in [1.29, 1.82) is 0 Å². The van der Waals surface area contributed by atoms with Gasteiger partial charge in [-0.2, -0.15) is 11.3 Å². The molecule has 0 fully saturated rings. The molecule has 1 aliphatic heterocycles. The molecule has 3 heterocycles. The molecule has 22 heavy (non-hydrogen) atoms. The zero-order valence-corrected chi connectivity index (χ0v) is 14.7. The zero-order chi connectivity index (χ0) is 15.7. The number of hydrogen-bond donors (Lipinski definition) is 1. The maximum absolute atomic E-state index is 4.75. The van der Waals surface area contributed by atoms with E-state index in [2.05, 4.69) is 53.9 Å². The number of pyridine rings is 1. The maximum atomic E-state index is 4.75. The summed E-state index contributed by atoms with van der Waals surface area (Å²) in [6.07, 6.45) is 3.11. The number of hydrogen-bond acceptors (Lipinski definition) is 4. The average Bonchev–Trinajstić information content (AvgIpc) is 3.07. The van der Waals surface area contributed by atoms with Crippen LogP contribution in [-0.4, -0.2) is 25.1 Å². The fraction of sp³-hybridized carbons (Fsp3) is 0.500. The standard InChI is InChI=1S/C18H25N3S/c1-13-9-16-17(20-10-13)18(2,3)12-21(16)15(5-7-19-4)14-6-8-22-11-14/h6,8-11,15,19H,5,7,12H2,1-4H3/t15-/m0/s1. The highest BCUT2D eigenvalue weighted by atomic mass is 32.1. The SMILES string of the molecule is CNCC[C@@H](c1ccsc1)N1CC(C)(C)c2ncc(C)cc21. The third-order valence-corrected chi connectivity index (χ3v) is 5.19. The van der Waals surface area contributed by atoms with Gasteiger partial charge in [0.2, 0.25) is 0 Å². The molecule has 1 N–H and O–H groups in total. The van der Waals surface area contributed by atoms with Crippen LogP contribution >= 0.6 is 11.3 Å². The van der Waals surface area contributed by atoms with Crippen LogP contribution in [0.25, 0.3) is 0 Å². The van der Waals surface area contributed by atoms with E-state index in [1.807, 2.05) is 13.2 Å². The van der Waals surface area contributed by atoms with Crippen molar-refractivity contribution in [3.8, 4) is 0 Å². The summed E-state index contributed by atoms with van der Waals surface area (Å²) in [6, 6.07) is 4.98. The lowest BCUT2D eigenvalue weighted by Crippen LogP contribution is -2.33. The first-order chi connectivity index (χ1) is 10.5. The summed E-state index contributed by atoms with van der Waals surface area (Å²) in [5.41, 5.74) is 5.32. The zero-order valence-electron chi connectivity index (χ0n) is 13.9. The average molecular weight is 315 g/mol. The van der Waals surface area contributed by atoms with Crippen molar-refractivity contribution in [3.63, 3.8) is 0 Å². The predicted octanol–water partition coefficient (Wildman–Crippen LogP) is 3.90. The first kappa shape index (κ1) is 15.5. The van der Waals surface area contributed by atoms with Gasteiger partial charge >= 0.3 is 0 Å². The number of fused-ring (bicyclic) bond motifs is 1. The second kappa shape index (κ2) is 6.01. The Morgan fingerprint density at radius 1 is 1.45 bits per heavy atom. The normalized spacial score (nSPS) is 17.5. The number of aromatic nitrogens is 1. The van der Waals surface area contributed by atoms with Crippen LogP contribution in [0.15, 0.2) is 29.1 Å². The number of rotatable bonds is 5. The molecular weight excluding hydrogens is 290 g/mol. The van der Waals surface area contributed by atoms with E-state index in [1.54, 1.807) is 11.3 Å². The summed E-state index contributed by atoms with van der Waals surface area (Å²) >= 11 is 1.78. The molecule has 118 valence electrons. The second-order valence-electron chi connectivity index (χ2n) is 6.86. The summed E-state index contributed by atoms with van der Waals surface area (Å²) in [4.78, 5) is 7.32. The Kier molecular flexibility index (Phi) is 4.24. The summed E-state index contributed by atoms with van der Waals surface area (Å²) in [5, 5.41) is 7.77. The highest BCUT2D eigenvalue weighted by Gasteiger charge is 2.39.